The third kappa shape index (κ3) is 4.06. The number of carbonyl (C=O) groups is 1. The van der Waals surface area contributed by atoms with Gasteiger partial charge in [0.15, 0.2) is 15.6 Å². The normalized spacial score (nSPS) is 20.5. The van der Waals surface area contributed by atoms with Crippen molar-refractivity contribution in [2.75, 3.05) is 18.1 Å². The Kier molecular flexibility index (Phi) is 5.19. The Morgan fingerprint density at radius 3 is 2.88 bits per heavy atom. The molecular weight excluding hydrogens is 366 g/mol. The molecule has 0 N–H and O–H groups in total. The fourth-order valence-corrected chi connectivity index (χ4v) is 5.29. The second-order valence-electron chi connectivity index (χ2n) is 5.79. The van der Waals surface area contributed by atoms with E-state index in [4.69, 9.17) is 8.83 Å². The van der Waals surface area contributed by atoms with Crippen LogP contribution in [0.4, 0.5) is 0 Å². The summed E-state index contributed by atoms with van der Waals surface area (Å²) in [5.74, 6) is 0.755. The molecule has 2 aromatic heterocycles. The van der Waals surface area contributed by atoms with Gasteiger partial charge in [0, 0.05) is 12.6 Å². The summed E-state index contributed by atoms with van der Waals surface area (Å²) in [6, 6.07) is 3.16. The van der Waals surface area contributed by atoms with Crippen molar-refractivity contribution >= 4 is 27.5 Å². The minimum absolute atomic E-state index is 0.0349. The Balaban J connectivity index is 1.65. The van der Waals surface area contributed by atoms with Gasteiger partial charge in [0.1, 0.15) is 0 Å². The van der Waals surface area contributed by atoms with Gasteiger partial charge in [-0.25, -0.2) is 8.42 Å². The van der Waals surface area contributed by atoms with Gasteiger partial charge in [0.25, 0.3) is 11.1 Å². The van der Waals surface area contributed by atoms with Gasteiger partial charge < -0.3 is 13.7 Å². The Labute approximate surface area is 149 Å². The largest absolute Gasteiger partial charge is 0.459 e. The summed E-state index contributed by atoms with van der Waals surface area (Å²) in [7, 11) is -3.04. The zero-order valence-corrected chi connectivity index (χ0v) is 15.5. The average molecular weight is 385 g/mol. The van der Waals surface area contributed by atoms with Gasteiger partial charge >= 0.3 is 0 Å². The molecule has 3 heterocycles. The first-order chi connectivity index (χ1) is 11.9. The number of hydrogen-bond acceptors (Lipinski definition) is 8. The fraction of sp³-hybridized carbons (Fsp3) is 0.533. The van der Waals surface area contributed by atoms with Gasteiger partial charge in [0.2, 0.25) is 5.91 Å². The molecule has 1 amide bonds. The molecular formula is C15H19N3O5S2. The summed E-state index contributed by atoms with van der Waals surface area (Å²) < 4.78 is 34.0. The van der Waals surface area contributed by atoms with Crippen LogP contribution in [-0.4, -0.2) is 58.8 Å². The predicted molar refractivity (Wildman–Crippen MR) is 91.8 cm³/mol. The summed E-state index contributed by atoms with van der Waals surface area (Å²) in [5.41, 5.74) is 0. The summed E-state index contributed by atoms with van der Waals surface area (Å²) in [6.45, 7) is 4.06. The molecule has 136 valence electrons. The number of furan rings is 1. The quantitative estimate of drug-likeness (QED) is 0.694. The Morgan fingerprint density at radius 1 is 1.48 bits per heavy atom. The fourth-order valence-electron chi connectivity index (χ4n) is 2.81. The number of rotatable bonds is 6. The molecule has 10 heteroatoms. The molecule has 0 aliphatic carbocycles. The van der Waals surface area contributed by atoms with Crippen molar-refractivity contribution in [2.24, 2.45) is 0 Å². The van der Waals surface area contributed by atoms with E-state index in [1.165, 1.54) is 6.26 Å². The summed E-state index contributed by atoms with van der Waals surface area (Å²) in [4.78, 5) is 14.3. The van der Waals surface area contributed by atoms with E-state index in [1.807, 2.05) is 6.92 Å². The van der Waals surface area contributed by atoms with Crippen LogP contribution < -0.4 is 0 Å². The van der Waals surface area contributed by atoms with Crippen LogP contribution in [0.2, 0.25) is 0 Å². The number of amides is 1. The highest BCUT2D eigenvalue weighted by molar-refractivity contribution is 8.00. The number of aromatic nitrogens is 2. The highest BCUT2D eigenvalue weighted by atomic mass is 32.2. The lowest BCUT2D eigenvalue weighted by molar-refractivity contribution is -0.131. The first kappa shape index (κ1) is 18.0. The standard InChI is InChI=1S/C15H19N3O5S2/c1-3-18(11-6-8-25(20,21)9-11)14(19)10(2)24-15-17-16-13(23-15)12-5-4-7-22-12/h4-5,7,10-11H,3,6,8-9H2,1-2H3/t10-,11+/m1/s1. The predicted octanol–water partition coefficient (Wildman–Crippen LogP) is 1.85. The molecule has 1 aliphatic heterocycles. The Morgan fingerprint density at radius 2 is 2.28 bits per heavy atom. The van der Waals surface area contributed by atoms with E-state index in [1.54, 1.807) is 24.0 Å². The van der Waals surface area contributed by atoms with Crippen LogP contribution in [0.1, 0.15) is 20.3 Å². The molecule has 1 aliphatic rings. The number of hydrogen-bond donors (Lipinski definition) is 0. The molecule has 0 bridgehead atoms. The Bertz CT molecular complexity index is 831. The lowest BCUT2D eigenvalue weighted by atomic mass is 10.2. The van der Waals surface area contributed by atoms with Gasteiger partial charge in [-0.1, -0.05) is 11.8 Å². The summed E-state index contributed by atoms with van der Waals surface area (Å²) in [5, 5.41) is 7.62. The van der Waals surface area contributed by atoms with Crippen LogP contribution in [0.5, 0.6) is 0 Å². The average Bonchev–Trinajstić information content (AvgIpc) is 3.28. The minimum Gasteiger partial charge on any atom is -0.459 e. The maximum absolute atomic E-state index is 12.7. The smallest absolute Gasteiger partial charge is 0.284 e. The molecule has 2 aromatic rings. The molecule has 25 heavy (non-hydrogen) atoms. The molecule has 2 atom stereocenters. The van der Waals surface area contributed by atoms with Gasteiger partial charge in [0.05, 0.1) is 23.0 Å². The van der Waals surface area contributed by atoms with Crippen molar-refractivity contribution < 1.29 is 22.0 Å². The van der Waals surface area contributed by atoms with Crippen molar-refractivity contribution in [3.8, 4) is 11.7 Å². The SMILES string of the molecule is CCN(C(=O)[C@@H](C)Sc1nnc(-c2ccco2)o1)[C@H]1CCS(=O)(=O)C1. The highest BCUT2D eigenvalue weighted by Gasteiger charge is 2.35. The van der Waals surface area contributed by atoms with E-state index in [0.717, 1.165) is 11.8 Å². The third-order valence-electron chi connectivity index (χ3n) is 4.04. The molecule has 0 radical (unpaired) electrons. The number of nitrogens with zero attached hydrogens (tertiary/aromatic N) is 3. The molecule has 0 saturated carbocycles. The molecule has 0 aromatic carbocycles. The second-order valence-corrected chi connectivity index (χ2v) is 9.31. The maximum atomic E-state index is 12.7. The van der Waals surface area contributed by atoms with Gasteiger partial charge in [-0.2, -0.15) is 0 Å². The van der Waals surface area contributed by atoms with Gasteiger partial charge in [-0.3, -0.25) is 4.79 Å². The first-order valence-electron chi connectivity index (χ1n) is 7.94. The lowest BCUT2D eigenvalue weighted by Crippen LogP contribution is -2.44. The van der Waals surface area contributed by atoms with Gasteiger partial charge in [-0.05, 0) is 32.4 Å². The summed E-state index contributed by atoms with van der Waals surface area (Å²) >= 11 is 1.15. The minimum atomic E-state index is -3.04. The van der Waals surface area contributed by atoms with E-state index in [9.17, 15) is 13.2 Å². The van der Waals surface area contributed by atoms with E-state index in [-0.39, 0.29) is 34.6 Å². The van der Waals surface area contributed by atoms with Crippen molar-refractivity contribution in [1.82, 2.24) is 15.1 Å². The molecule has 1 fully saturated rings. The second kappa shape index (κ2) is 7.20. The van der Waals surface area contributed by atoms with E-state index >= 15 is 0 Å². The zero-order chi connectivity index (χ0) is 18.0. The molecule has 1 saturated heterocycles. The number of sulfone groups is 1. The highest BCUT2D eigenvalue weighted by Crippen LogP contribution is 2.28. The molecule has 3 rings (SSSR count). The van der Waals surface area contributed by atoms with Crippen molar-refractivity contribution in [1.29, 1.82) is 0 Å². The summed E-state index contributed by atoms with van der Waals surface area (Å²) in [6.07, 6.45) is 2.00. The first-order valence-corrected chi connectivity index (χ1v) is 10.6. The van der Waals surface area contributed by atoms with Crippen LogP contribution in [0.15, 0.2) is 32.5 Å². The van der Waals surface area contributed by atoms with Crippen LogP contribution >= 0.6 is 11.8 Å². The Hall–Kier alpha value is -1.81. The molecule has 0 spiro atoms. The zero-order valence-electron chi connectivity index (χ0n) is 13.9. The number of carbonyl (C=O) groups excluding carboxylic acids is 1. The molecule has 8 nitrogen and oxygen atoms in total. The van der Waals surface area contributed by atoms with Crippen molar-refractivity contribution in [2.45, 2.75) is 36.8 Å². The van der Waals surface area contributed by atoms with Crippen LogP contribution in [0.3, 0.4) is 0 Å². The topological polar surface area (TPSA) is 107 Å². The third-order valence-corrected chi connectivity index (χ3v) is 6.71. The maximum Gasteiger partial charge on any atom is 0.284 e. The van der Waals surface area contributed by atoms with E-state index in [0.29, 0.717) is 18.7 Å². The van der Waals surface area contributed by atoms with E-state index in [2.05, 4.69) is 10.2 Å². The van der Waals surface area contributed by atoms with Gasteiger partial charge in [-0.15, -0.1) is 10.2 Å². The van der Waals surface area contributed by atoms with Crippen molar-refractivity contribution in [3.63, 3.8) is 0 Å². The van der Waals surface area contributed by atoms with Crippen LogP contribution in [0, 0.1) is 0 Å². The van der Waals surface area contributed by atoms with Crippen LogP contribution in [-0.2, 0) is 14.6 Å². The number of thioether (sulfide) groups is 1. The lowest BCUT2D eigenvalue weighted by Gasteiger charge is -2.28. The van der Waals surface area contributed by atoms with E-state index < -0.39 is 15.1 Å². The molecule has 0 unspecified atom stereocenters. The van der Waals surface area contributed by atoms with Crippen LogP contribution in [0.25, 0.3) is 11.7 Å². The van der Waals surface area contributed by atoms with Crippen molar-refractivity contribution in [3.05, 3.63) is 18.4 Å². The monoisotopic (exact) mass is 385 g/mol.